The molecule has 1 saturated heterocycles. The van der Waals surface area contributed by atoms with Crippen molar-refractivity contribution >= 4 is 16.0 Å². The molecule has 0 amide bonds. The summed E-state index contributed by atoms with van der Waals surface area (Å²) in [5.74, 6) is -1.26. The van der Waals surface area contributed by atoms with E-state index >= 15 is 4.39 Å². The summed E-state index contributed by atoms with van der Waals surface area (Å²) in [4.78, 5) is 15.5. The molecule has 0 unspecified atom stereocenters. The molecule has 3 rings (SSSR count). The Hall–Kier alpha value is -1.54. The number of fused-ring (bicyclic) bond motifs is 1. The molecule has 1 aromatic rings. The number of sulfonamides is 1. The van der Waals surface area contributed by atoms with Gasteiger partial charge < -0.3 is 5.11 Å². The number of carbonyl (C=O) groups is 1. The molecule has 1 aliphatic carbocycles. The highest BCUT2D eigenvalue weighted by Crippen LogP contribution is 2.55. The van der Waals surface area contributed by atoms with Crippen LogP contribution in [0.15, 0.2) is 23.4 Å². The molecule has 2 atom stereocenters. The van der Waals surface area contributed by atoms with Crippen LogP contribution in [0.4, 0.5) is 4.39 Å². The highest BCUT2D eigenvalue weighted by molar-refractivity contribution is 7.89. The van der Waals surface area contributed by atoms with E-state index in [0.29, 0.717) is 12.0 Å². The van der Waals surface area contributed by atoms with E-state index in [9.17, 15) is 18.3 Å². The number of rotatable bonds is 3. The number of pyridine rings is 1. The zero-order chi connectivity index (χ0) is 16.2. The molecule has 1 aliphatic heterocycles. The van der Waals surface area contributed by atoms with Crippen LogP contribution in [0.2, 0.25) is 0 Å². The highest BCUT2D eigenvalue weighted by atomic mass is 32.2. The number of aliphatic carboxylic acids is 1. The van der Waals surface area contributed by atoms with Crippen LogP contribution >= 0.6 is 0 Å². The summed E-state index contributed by atoms with van der Waals surface area (Å²) in [5, 5.41) is 9.33. The predicted molar refractivity (Wildman–Crippen MR) is 75.5 cm³/mol. The molecule has 22 heavy (non-hydrogen) atoms. The van der Waals surface area contributed by atoms with E-state index in [0.717, 1.165) is 4.31 Å². The molecule has 0 bridgehead atoms. The van der Waals surface area contributed by atoms with E-state index in [1.807, 2.05) is 0 Å². The van der Waals surface area contributed by atoms with Crippen molar-refractivity contribution in [3.63, 3.8) is 0 Å². The summed E-state index contributed by atoms with van der Waals surface area (Å²) in [7, 11) is -4.00. The first-order valence-electron chi connectivity index (χ1n) is 7.07. The molecular weight excluding hydrogens is 311 g/mol. The number of alkyl halides is 1. The Balaban J connectivity index is 2.02. The van der Waals surface area contributed by atoms with Gasteiger partial charge >= 0.3 is 5.97 Å². The number of halogens is 1. The second kappa shape index (κ2) is 4.73. The number of carboxylic acids is 1. The molecule has 2 fully saturated rings. The first kappa shape index (κ1) is 15.4. The van der Waals surface area contributed by atoms with Gasteiger partial charge in [0, 0.05) is 19.3 Å². The fourth-order valence-corrected chi connectivity index (χ4v) is 5.30. The van der Waals surface area contributed by atoms with E-state index in [-0.39, 0.29) is 24.4 Å². The van der Waals surface area contributed by atoms with Gasteiger partial charge in [-0.25, -0.2) is 17.8 Å². The first-order chi connectivity index (χ1) is 10.2. The monoisotopic (exact) mass is 328 g/mol. The van der Waals surface area contributed by atoms with Gasteiger partial charge in [-0.3, -0.25) is 4.79 Å². The fraction of sp³-hybridized carbons (Fsp3) is 0.571. The van der Waals surface area contributed by atoms with Crippen molar-refractivity contribution in [1.82, 2.24) is 9.29 Å². The Morgan fingerprint density at radius 1 is 1.41 bits per heavy atom. The number of hydrogen-bond acceptors (Lipinski definition) is 4. The van der Waals surface area contributed by atoms with Crippen molar-refractivity contribution in [2.75, 3.05) is 13.1 Å². The quantitative estimate of drug-likeness (QED) is 0.905. The SMILES string of the molecule is Cc1cccnc1S(=O)(=O)N1C[C@@]2(F)CCC[C@@]2(C(=O)O)C1. The second-order valence-electron chi connectivity index (χ2n) is 6.10. The molecular formula is C14H17FN2O4S. The van der Waals surface area contributed by atoms with Crippen molar-refractivity contribution in [1.29, 1.82) is 0 Å². The van der Waals surface area contributed by atoms with Crippen molar-refractivity contribution in [2.24, 2.45) is 5.41 Å². The van der Waals surface area contributed by atoms with Gasteiger partial charge in [0.15, 0.2) is 5.03 Å². The lowest BCUT2D eigenvalue weighted by Gasteiger charge is -2.27. The lowest BCUT2D eigenvalue weighted by Crippen LogP contribution is -2.45. The minimum atomic E-state index is -4.00. The first-order valence-corrected chi connectivity index (χ1v) is 8.51. The van der Waals surface area contributed by atoms with E-state index in [4.69, 9.17) is 0 Å². The topological polar surface area (TPSA) is 87.6 Å². The molecule has 1 saturated carbocycles. The average molecular weight is 328 g/mol. The third kappa shape index (κ3) is 1.90. The van der Waals surface area contributed by atoms with Crippen molar-refractivity contribution in [3.05, 3.63) is 23.9 Å². The number of aromatic nitrogens is 1. The maximum atomic E-state index is 15.1. The van der Waals surface area contributed by atoms with Crippen molar-refractivity contribution < 1.29 is 22.7 Å². The molecule has 6 nitrogen and oxygen atoms in total. The Morgan fingerprint density at radius 2 is 2.14 bits per heavy atom. The normalized spacial score (nSPS) is 32.1. The smallest absolute Gasteiger partial charge is 0.314 e. The zero-order valence-corrected chi connectivity index (χ0v) is 12.9. The lowest BCUT2D eigenvalue weighted by molar-refractivity contribution is -0.153. The lowest BCUT2D eigenvalue weighted by atomic mass is 9.78. The summed E-state index contributed by atoms with van der Waals surface area (Å²) in [6.45, 7) is 0.851. The minimum Gasteiger partial charge on any atom is -0.481 e. The molecule has 2 aliphatic rings. The Kier molecular flexibility index (Phi) is 3.30. The number of aryl methyl sites for hydroxylation is 1. The van der Waals surface area contributed by atoms with Crippen LogP contribution < -0.4 is 0 Å². The van der Waals surface area contributed by atoms with Gasteiger partial charge in [-0.15, -0.1) is 0 Å². The average Bonchev–Trinajstić information content (AvgIpc) is 2.90. The molecule has 0 radical (unpaired) electrons. The van der Waals surface area contributed by atoms with Gasteiger partial charge in [-0.1, -0.05) is 6.07 Å². The molecule has 120 valence electrons. The van der Waals surface area contributed by atoms with Crippen LogP contribution in [-0.4, -0.2) is 47.5 Å². The van der Waals surface area contributed by atoms with Crippen LogP contribution in [0.3, 0.4) is 0 Å². The summed E-state index contributed by atoms with van der Waals surface area (Å²) >= 11 is 0. The van der Waals surface area contributed by atoms with Crippen LogP contribution in [0.5, 0.6) is 0 Å². The summed E-state index contributed by atoms with van der Waals surface area (Å²) in [6.07, 6.45) is 2.05. The van der Waals surface area contributed by atoms with E-state index < -0.39 is 33.6 Å². The predicted octanol–water partition coefficient (Wildman–Crippen LogP) is 1.36. The third-order valence-corrected chi connectivity index (χ3v) is 6.72. The van der Waals surface area contributed by atoms with Crippen LogP contribution in [0, 0.1) is 12.3 Å². The fourth-order valence-electron chi connectivity index (χ4n) is 3.62. The van der Waals surface area contributed by atoms with E-state index in [1.165, 1.54) is 6.20 Å². The molecule has 8 heteroatoms. The second-order valence-corrected chi connectivity index (χ2v) is 7.96. The maximum Gasteiger partial charge on any atom is 0.314 e. The number of hydrogen-bond donors (Lipinski definition) is 1. The molecule has 1 N–H and O–H groups in total. The Morgan fingerprint density at radius 3 is 2.73 bits per heavy atom. The van der Waals surface area contributed by atoms with Crippen molar-refractivity contribution in [2.45, 2.75) is 36.9 Å². The van der Waals surface area contributed by atoms with Gasteiger partial charge in [0.05, 0.1) is 0 Å². The van der Waals surface area contributed by atoms with Gasteiger partial charge in [-0.05, 0) is 37.8 Å². The standard InChI is InChI=1S/C14H17FN2O4S/c1-10-4-2-7-16-11(10)22(20,21)17-8-13(12(18)19)5-3-6-14(13,15)9-17/h2,4,7H,3,5-6,8-9H2,1H3,(H,18,19)/t13-,14-/m0/s1. The highest BCUT2D eigenvalue weighted by Gasteiger charge is 2.67. The Labute approximate surface area is 128 Å². The number of carboxylic acid groups (broad SMARTS) is 1. The zero-order valence-electron chi connectivity index (χ0n) is 12.1. The minimum absolute atomic E-state index is 0.0759. The molecule has 0 spiro atoms. The number of nitrogens with zero attached hydrogens (tertiary/aromatic N) is 2. The van der Waals surface area contributed by atoms with Crippen LogP contribution in [0.25, 0.3) is 0 Å². The summed E-state index contributed by atoms with van der Waals surface area (Å²) in [6, 6.07) is 3.22. The third-order valence-electron chi connectivity index (χ3n) is 4.86. The van der Waals surface area contributed by atoms with Gasteiger partial charge in [0.2, 0.25) is 0 Å². The summed E-state index contributed by atoms with van der Waals surface area (Å²) < 4.78 is 41.4. The van der Waals surface area contributed by atoms with Crippen LogP contribution in [0.1, 0.15) is 24.8 Å². The van der Waals surface area contributed by atoms with Crippen molar-refractivity contribution in [3.8, 4) is 0 Å². The molecule has 1 aromatic heterocycles. The summed E-state index contributed by atoms with van der Waals surface area (Å²) in [5.41, 5.74) is -3.19. The van der Waals surface area contributed by atoms with E-state index in [1.54, 1.807) is 19.1 Å². The molecule has 2 heterocycles. The maximum absolute atomic E-state index is 15.1. The van der Waals surface area contributed by atoms with E-state index in [2.05, 4.69) is 4.98 Å². The largest absolute Gasteiger partial charge is 0.481 e. The van der Waals surface area contributed by atoms with Gasteiger partial charge in [0.1, 0.15) is 11.1 Å². The van der Waals surface area contributed by atoms with Gasteiger partial charge in [0.25, 0.3) is 10.0 Å². The molecule has 0 aromatic carbocycles. The van der Waals surface area contributed by atoms with Crippen LogP contribution in [-0.2, 0) is 14.8 Å². The Bertz CT molecular complexity index is 738. The van der Waals surface area contributed by atoms with Gasteiger partial charge in [-0.2, -0.15) is 4.31 Å².